The fraction of sp³-hybridized carbons (Fsp3) is 0.714. The van der Waals surface area contributed by atoms with E-state index < -0.39 is 10.0 Å². The fourth-order valence-electron chi connectivity index (χ4n) is 3.33. The number of fused-ring (bicyclic) bond motifs is 1. The highest BCUT2D eigenvalue weighted by Gasteiger charge is 2.34. The summed E-state index contributed by atoms with van der Waals surface area (Å²) in [6.45, 7) is 4.51. The molecule has 6 heteroatoms. The summed E-state index contributed by atoms with van der Waals surface area (Å²) in [5.41, 5.74) is 1.20. The van der Waals surface area contributed by atoms with E-state index >= 15 is 0 Å². The van der Waals surface area contributed by atoms with Crippen LogP contribution in [-0.2, 0) is 16.4 Å². The van der Waals surface area contributed by atoms with Gasteiger partial charge in [0.2, 0.25) is 10.0 Å². The number of rotatable bonds is 3. The summed E-state index contributed by atoms with van der Waals surface area (Å²) in [5.74, 6) is 0.564. The van der Waals surface area contributed by atoms with Crippen molar-refractivity contribution < 1.29 is 8.42 Å². The third kappa shape index (κ3) is 2.79. The second kappa shape index (κ2) is 5.75. The molecule has 1 fully saturated rings. The third-order valence-electron chi connectivity index (χ3n) is 4.42. The lowest BCUT2D eigenvalue weighted by molar-refractivity contribution is 0.320. The molecular weight excluding hydrogens is 292 g/mol. The van der Waals surface area contributed by atoms with Gasteiger partial charge in [0.25, 0.3) is 0 Å². The molecule has 0 bridgehead atoms. The van der Waals surface area contributed by atoms with Gasteiger partial charge in [0, 0.05) is 17.5 Å². The molecule has 20 heavy (non-hydrogen) atoms. The van der Waals surface area contributed by atoms with Crippen molar-refractivity contribution in [3.8, 4) is 0 Å². The van der Waals surface area contributed by atoms with Crippen molar-refractivity contribution in [2.75, 3.05) is 25.4 Å². The lowest BCUT2D eigenvalue weighted by Gasteiger charge is -2.34. The van der Waals surface area contributed by atoms with E-state index in [-0.39, 0.29) is 12.0 Å². The zero-order valence-corrected chi connectivity index (χ0v) is 13.5. The number of piperidine rings is 1. The maximum absolute atomic E-state index is 12.7. The van der Waals surface area contributed by atoms with Gasteiger partial charge in [-0.05, 0) is 62.2 Å². The summed E-state index contributed by atoms with van der Waals surface area (Å²) in [4.78, 5) is 1.35. The molecule has 4 nitrogen and oxygen atoms in total. The average molecular weight is 314 g/mol. The molecule has 0 amide bonds. The molecule has 3 heterocycles. The summed E-state index contributed by atoms with van der Waals surface area (Å²) < 4.78 is 27.1. The summed E-state index contributed by atoms with van der Waals surface area (Å²) in [5, 5.41) is 5.37. The molecule has 2 aliphatic rings. The molecule has 2 unspecified atom stereocenters. The molecule has 2 aliphatic heterocycles. The minimum atomic E-state index is -3.15. The molecule has 1 N–H and O–H groups in total. The van der Waals surface area contributed by atoms with Gasteiger partial charge in [-0.2, -0.15) is 4.31 Å². The minimum Gasteiger partial charge on any atom is -0.316 e. The maximum atomic E-state index is 12.7. The Balaban J connectivity index is 1.74. The number of sulfonamides is 1. The summed E-state index contributed by atoms with van der Waals surface area (Å²) in [6.07, 6.45) is 2.97. The number of nitrogens with one attached hydrogen (secondary N) is 1. The molecule has 1 aromatic rings. The van der Waals surface area contributed by atoms with Crippen LogP contribution in [0.5, 0.6) is 0 Å². The number of hydrogen-bond acceptors (Lipinski definition) is 4. The topological polar surface area (TPSA) is 49.4 Å². The van der Waals surface area contributed by atoms with Gasteiger partial charge in [-0.25, -0.2) is 8.42 Å². The van der Waals surface area contributed by atoms with Gasteiger partial charge in [0.05, 0.1) is 5.75 Å². The van der Waals surface area contributed by atoms with E-state index in [1.54, 1.807) is 15.6 Å². The van der Waals surface area contributed by atoms with Crippen LogP contribution in [0.2, 0.25) is 0 Å². The molecule has 0 saturated carbocycles. The molecule has 0 aliphatic carbocycles. The van der Waals surface area contributed by atoms with Gasteiger partial charge >= 0.3 is 0 Å². The van der Waals surface area contributed by atoms with E-state index in [1.165, 1.54) is 10.4 Å². The van der Waals surface area contributed by atoms with Gasteiger partial charge < -0.3 is 5.32 Å². The summed E-state index contributed by atoms with van der Waals surface area (Å²) >= 11 is 1.75. The Morgan fingerprint density at radius 1 is 1.50 bits per heavy atom. The third-order valence-corrected chi connectivity index (χ3v) is 7.53. The first-order chi connectivity index (χ1) is 9.58. The molecule has 0 aromatic carbocycles. The van der Waals surface area contributed by atoms with Crippen LogP contribution in [0.3, 0.4) is 0 Å². The monoisotopic (exact) mass is 314 g/mol. The molecule has 1 saturated heterocycles. The highest BCUT2D eigenvalue weighted by molar-refractivity contribution is 7.89. The molecule has 0 radical (unpaired) electrons. The van der Waals surface area contributed by atoms with Crippen LogP contribution in [0, 0.1) is 5.92 Å². The smallest absolute Gasteiger partial charge is 0.214 e. The van der Waals surface area contributed by atoms with Crippen LogP contribution < -0.4 is 5.32 Å². The largest absolute Gasteiger partial charge is 0.316 e. The minimum absolute atomic E-state index is 0.00782. The summed E-state index contributed by atoms with van der Waals surface area (Å²) in [6, 6.07) is 2.07. The van der Waals surface area contributed by atoms with Crippen LogP contribution in [0.15, 0.2) is 11.4 Å². The van der Waals surface area contributed by atoms with E-state index in [4.69, 9.17) is 0 Å². The number of nitrogens with zero attached hydrogens (tertiary/aromatic N) is 1. The van der Waals surface area contributed by atoms with Crippen LogP contribution in [0.25, 0.3) is 0 Å². The molecule has 2 atom stereocenters. The van der Waals surface area contributed by atoms with Crippen LogP contribution in [-0.4, -0.2) is 38.1 Å². The van der Waals surface area contributed by atoms with Gasteiger partial charge in [0.1, 0.15) is 0 Å². The maximum Gasteiger partial charge on any atom is 0.214 e. The Morgan fingerprint density at radius 3 is 3.10 bits per heavy atom. The number of thiophene rings is 1. The SMILES string of the molecule is CC1c2ccsc2CCN1S(=O)(=O)CC1CCCNC1. The second-order valence-electron chi connectivity index (χ2n) is 5.83. The van der Waals surface area contributed by atoms with E-state index in [0.717, 1.165) is 32.4 Å². The highest BCUT2D eigenvalue weighted by Crippen LogP contribution is 2.35. The fourth-order valence-corrected chi connectivity index (χ4v) is 6.33. The first kappa shape index (κ1) is 14.5. The quantitative estimate of drug-likeness (QED) is 0.928. The van der Waals surface area contributed by atoms with Crippen LogP contribution in [0.1, 0.15) is 36.2 Å². The Labute approximate surface area is 125 Å². The molecular formula is C14H22N2O2S2. The van der Waals surface area contributed by atoms with Crippen molar-refractivity contribution in [2.24, 2.45) is 5.92 Å². The normalized spacial score (nSPS) is 28.2. The Hall–Kier alpha value is -0.430. The van der Waals surface area contributed by atoms with Crippen molar-refractivity contribution in [1.82, 2.24) is 9.62 Å². The highest BCUT2D eigenvalue weighted by atomic mass is 32.2. The standard InChI is InChI=1S/C14H22N2O2S2/c1-11-13-5-8-19-14(13)4-7-16(11)20(17,18)10-12-3-2-6-15-9-12/h5,8,11-12,15H,2-4,6-7,9-10H2,1H3. The predicted octanol–water partition coefficient (Wildman–Crippen LogP) is 2.00. The predicted molar refractivity (Wildman–Crippen MR) is 82.5 cm³/mol. The second-order valence-corrected chi connectivity index (χ2v) is 8.79. The van der Waals surface area contributed by atoms with Gasteiger partial charge in [-0.3, -0.25) is 0 Å². The van der Waals surface area contributed by atoms with Crippen molar-refractivity contribution in [3.63, 3.8) is 0 Å². The van der Waals surface area contributed by atoms with Crippen LogP contribution in [0.4, 0.5) is 0 Å². The van der Waals surface area contributed by atoms with Crippen LogP contribution >= 0.6 is 11.3 Å². The zero-order valence-electron chi connectivity index (χ0n) is 11.8. The van der Waals surface area contributed by atoms with Gasteiger partial charge in [-0.15, -0.1) is 11.3 Å². The van der Waals surface area contributed by atoms with Gasteiger partial charge in [-0.1, -0.05) is 0 Å². The van der Waals surface area contributed by atoms with Crippen molar-refractivity contribution in [2.45, 2.75) is 32.2 Å². The average Bonchev–Trinajstić information content (AvgIpc) is 2.88. The molecule has 3 rings (SSSR count). The Morgan fingerprint density at radius 2 is 2.35 bits per heavy atom. The lowest BCUT2D eigenvalue weighted by Crippen LogP contribution is -2.43. The molecule has 0 spiro atoms. The van der Waals surface area contributed by atoms with E-state index in [0.29, 0.717) is 12.3 Å². The van der Waals surface area contributed by atoms with E-state index in [1.807, 2.05) is 6.92 Å². The summed E-state index contributed by atoms with van der Waals surface area (Å²) in [7, 11) is -3.15. The van der Waals surface area contributed by atoms with Crippen molar-refractivity contribution in [3.05, 3.63) is 21.9 Å². The van der Waals surface area contributed by atoms with Gasteiger partial charge in [0.15, 0.2) is 0 Å². The first-order valence-corrected chi connectivity index (χ1v) is 9.83. The molecule has 1 aromatic heterocycles. The Kier molecular flexibility index (Phi) is 4.17. The zero-order chi connectivity index (χ0) is 14.2. The van der Waals surface area contributed by atoms with Crippen molar-refractivity contribution in [1.29, 1.82) is 0 Å². The van der Waals surface area contributed by atoms with Crippen molar-refractivity contribution >= 4 is 21.4 Å². The first-order valence-electron chi connectivity index (χ1n) is 7.34. The number of hydrogen-bond donors (Lipinski definition) is 1. The molecule has 112 valence electrons. The Bertz CT molecular complexity index is 561. The lowest BCUT2D eigenvalue weighted by atomic mass is 10.0. The van der Waals surface area contributed by atoms with E-state index in [9.17, 15) is 8.42 Å². The van der Waals surface area contributed by atoms with E-state index in [2.05, 4.69) is 16.8 Å².